The molecule has 0 heterocycles. The Morgan fingerprint density at radius 1 is 1.44 bits per heavy atom. The minimum atomic E-state index is -0.337. The molecule has 0 saturated heterocycles. The summed E-state index contributed by atoms with van der Waals surface area (Å²) in [5, 5.41) is 12.6. The van der Waals surface area contributed by atoms with Gasteiger partial charge in [0.05, 0.1) is 11.7 Å². The van der Waals surface area contributed by atoms with Gasteiger partial charge in [0.25, 0.3) is 5.91 Å². The molecule has 2 rings (SSSR count). The van der Waals surface area contributed by atoms with Crippen LogP contribution >= 0.6 is 31.9 Å². The number of hydrogen-bond donors (Lipinski definition) is 2. The van der Waals surface area contributed by atoms with Gasteiger partial charge in [-0.2, -0.15) is 0 Å². The Morgan fingerprint density at radius 2 is 2.11 bits per heavy atom. The van der Waals surface area contributed by atoms with E-state index >= 15 is 0 Å². The summed E-state index contributed by atoms with van der Waals surface area (Å²) < 4.78 is 1.68. The van der Waals surface area contributed by atoms with Gasteiger partial charge in [-0.3, -0.25) is 4.79 Å². The number of rotatable bonds is 2. The predicted octanol–water partition coefficient (Wildman–Crippen LogP) is 3.10. The average Bonchev–Trinajstić information content (AvgIpc) is 2.28. The van der Waals surface area contributed by atoms with Gasteiger partial charge in [-0.05, 0) is 40.5 Å². The summed E-state index contributed by atoms with van der Waals surface area (Å²) in [6.45, 7) is 3.92. The molecule has 0 aliphatic heterocycles. The maximum absolute atomic E-state index is 12.1. The molecular formula is C13H15Br2NO2. The van der Waals surface area contributed by atoms with Crippen LogP contribution in [0.4, 0.5) is 0 Å². The van der Waals surface area contributed by atoms with Crippen LogP contribution in [0.25, 0.3) is 0 Å². The molecule has 1 saturated carbocycles. The third-order valence-electron chi connectivity index (χ3n) is 3.70. The molecule has 98 valence electrons. The van der Waals surface area contributed by atoms with E-state index < -0.39 is 0 Å². The first-order valence-corrected chi connectivity index (χ1v) is 7.35. The van der Waals surface area contributed by atoms with Crippen molar-refractivity contribution in [3.05, 3.63) is 32.7 Å². The second-order valence-corrected chi connectivity index (χ2v) is 6.99. The Hall–Kier alpha value is -0.390. The average molecular weight is 377 g/mol. The third-order valence-corrected chi connectivity index (χ3v) is 4.85. The van der Waals surface area contributed by atoms with E-state index in [9.17, 15) is 9.90 Å². The van der Waals surface area contributed by atoms with Crippen molar-refractivity contribution < 1.29 is 9.90 Å². The van der Waals surface area contributed by atoms with Gasteiger partial charge in [0, 0.05) is 20.4 Å². The van der Waals surface area contributed by atoms with Crippen LogP contribution in [0, 0.1) is 5.41 Å². The van der Waals surface area contributed by atoms with Crippen LogP contribution in [-0.4, -0.2) is 23.2 Å². The number of nitrogens with one attached hydrogen (secondary N) is 1. The van der Waals surface area contributed by atoms with Gasteiger partial charge in [-0.25, -0.2) is 0 Å². The molecule has 3 nitrogen and oxygen atoms in total. The van der Waals surface area contributed by atoms with Crippen LogP contribution in [0.2, 0.25) is 0 Å². The highest BCUT2D eigenvalue weighted by Gasteiger charge is 2.48. The first-order chi connectivity index (χ1) is 8.32. The summed E-state index contributed by atoms with van der Waals surface area (Å²) in [4.78, 5) is 12.1. The Morgan fingerprint density at radius 3 is 2.61 bits per heavy atom. The standard InChI is InChI=1S/C13H15Br2NO2/c1-13(2)10(6-11(13)17)16-12(18)8-4-3-7(14)5-9(8)15/h3-5,10-11,17H,6H2,1-2H3,(H,16,18). The second kappa shape index (κ2) is 4.94. The molecule has 0 spiro atoms. The Balaban J connectivity index is 2.09. The number of benzene rings is 1. The van der Waals surface area contributed by atoms with Crippen molar-refractivity contribution in [3.8, 4) is 0 Å². The molecule has 0 aromatic heterocycles. The summed E-state index contributed by atoms with van der Waals surface area (Å²) in [5.74, 6) is -0.112. The van der Waals surface area contributed by atoms with Crippen molar-refractivity contribution in [2.45, 2.75) is 32.4 Å². The van der Waals surface area contributed by atoms with E-state index in [1.165, 1.54) is 0 Å². The van der Waals surface area contributed by atoms with E-state index in [0.29, 0.717) is 12.0 Å². The number of amides is 1. The number of carbonyl (C=O) groups is 1. The fourth-order valence-electron chi connectivity index (χ4n) is 2.06. The van der Waals surface area contributed by atoms with Crippen molar-refractivity contribution in [3.63, 3.8) is 0 Å². The summed E-state index contributed by atoms with van der Waals surface area (Å²) in [7, 11) is 0. The fourth-order valence-corrected chi connectivity index (χ4v) is 3.28. The van der Waals surface area contributed by atoms with Crippen LogP contribution < -0.4 is 5.32 Å². The summed E-state index contributed by atoms with van der Waals surface area (Å²) in [6, 6.07) is 5.47. The molecule has 1 fully saturated rings. The Bertz CT molecular complexity index is 488. The van der Waals surface area contributed by atoms with Gasteiger partial charge >= 0.3 is 0 Å². The van der Waals surface area contributed by atoms with Crippen molar-refractivity contribution in [2.75, 3.05) is 0 Å². The van der Waals surface area contributed by atoms with Gasteiger partial charge in [0.1, 0.15) is 0 Å². The normalized spacial score (nSPS) is 25.4. The predicted molar refractivity (Wildman–Crippen MR) is 77.5 cm³/mol. The zero-order valence-corrected chi connectivity index (χ0v) is 13.4. The Labute approximate surface area is 123 Å². The molecule has 0 radical (unpaired) electrons. The number of carbonyl (C=O) groups excluding carboxylic acids is 1. The number of aliphatic hydroxyl groups excluding tert-OH is 1. The molecule has 2 atom stereocenters. The van der Waals surface area contributed by atoms with E-state index in [4.69, 9.17) is 0 Å². The first kappa shape index (κ1) is 14.0. The van der Waals surface area contributed by atoms with Gasteiger partial charge in [0.15, 0.2) is 0 Å². The van der Waals surface area contributed by atoms with Crippen LogP contribution in [0.3, 0.4) is 0 Å². The lowest BCUT2D eigenvalue weighted by Crippen LogP contribution is -2.61. The van der Waals surface area contributed by atoms with E-state index in [1.807, 2.05) is 26.0 Å². The molecule has 5 heteroatoms. The summed E-state index contributed by atoms with van der Waals surface area (Å²) in [5.41, 5.74) is 0.354. The highest BCUT2D eigenvalue weighted by atomic mass is 79.9. The number of hydrogen-bond acceptors (Lipinski definition) is 2. The fraction of sp³-hybridized carbons (Fsp3) is 0.462. The first-order valence-electron chi connectivity index (χ1n) is 5.76. The van der Waals surface area contributed by atoms with Crippen molar-refractivity contribution in [2.24, 2.45) is 5.41 Å². The van der Waals surface area contributed by atoms with Crippen molar-refractivity contribution in [1.29, 1.82) is 0 Å². The minimum Gasteiger partial charge on any atom is -0.392 e. The van der Waals surface area contributed by atoms with E-state index in [-0.39, 0.29) is 23.5 Å². The van der Waals surface area contributed by atoms with Gasteiger partial charge in [0.2, 0.25) is 0 Å². The molecular weight excluding hydrogens is 362 g/mol. The molecule has 2 unspecified atom stereocenters. The molecule has 18 heavy (non-hydrogen) atoms. The molecule has 1 aromatic carbocycles. The highest BCUT2D eigenvalue weighted by molar-refractivity contribution is 9.11. The SMILES string of the molecule is CC1(C)C(O)CC1NC(=O)c1ccc(Br)cc1Br. The lowest BCUT2D eigenvalue weighted by Gasteiger charge is -2.49. The lowest BCUT2D eigenvalue weighted by molar-refractivity contribution is -0.0689. The lowest BCUT2D eigenvalue weighted by atomic mass is 9.64. The number of aliphatic hydroxyl groups is 1. The molecule has 2 N–H and O–H groups in total. The molecule has 1 aliphatic rings. The highest BCUT2D eigenvalue weighted by Crippen LogP contribution is 2.40. The van der Waals surface area contributed by atoms with Crippen LogP contribution in [0.15, 0.2) is 27.1 Å². The monoisotopic (exact) mass is 375 g/mol. The van der Waals surface area contributed by atoms with E-state index in [2.05, 4.69) is 37.2 Å². The molecule has 1 amide bonds. The van der Waals surface area contributed by atoms with Crippen molar-refractivity contribution in [1.82, 2.24) is 5.32 Å². The maximum atomic E-state index is 12.1. The van der Waals surface area contributed by atoms with E-state index in [0.717, 1.165) is 8.95 Å². The van der Waals surface area contributed by atoms with Crippen LogP contribution in [0.1, 0.15) is 30.6 Å². The quantitative estimate of drug-likeness (QED) is 0.833. The summed E-state index contributed by atoms with van der Waals surface area (Å²) >= 11 is 6.73. The zero-order valence-electron chi connectivity index (χ0n) is 10.2. The maximum Gasteiger partial charge on any atom is 0.252 e. The minimum absolute atomic E-state index is 0.0237. The topological polar surface area (TPSA) is 49.3 Å². The zero-order chi connectivity index (χ0) is 13.5. The largest absolute Gasteiger partial charge is 0.392 e. The van der Waals surface area contributed by atoms with Gasteiger partial charge in [-0.15, -0.1) is 0 Å². The van der Waals surface area contributed by atoms with E-state index in [1.54, 1.807) is 6.07 Å². The second-order valence-electron chi connectivity index (χ2n) is 5.22. The third kappa shape index (κ3) is 2.49. The molecule has 1 aliphatic carbocycles. The van der Waals surface area contributed by atoms with Crippen LogP contribution in [-0.2, 0) is 0 Å². The number of halogens is 2. The molecule has 0 bridgehead atoms. The molecule has 1 aromatic rings. The van der Waals surface area contributed by atoms with Gasteiger partial charge < -0.3 is 10.4 Å². The van der Waals surface area contributed by atoms with Gasteiger partial charge in [-0.1, -0.05) is 29.8 Å². The Kier molecular flexibility index (Phi) is 3.85. The van der Waals surface area contributed by atoms with Crippen molar-refractivity contribution >= 4 is 37.8 Å². The smallest absolute Gasteiger partial charge is 0.252 e. The van der Waals surface area contributed by atoms with Crippen LogP contribution in [0.5, 0.6) is 0 Å². The summed E-state index contributed by atoms with van der Waals surface area (Å²) in [6.07, 6.45) is 0.281.